The van der Waals surface area contributed by atoms with Gasteiger partial charge in [-0.15, -0.1) is 0 Å². The molecule has 1 aliphatic carbocycles. The van der Waals surface area contributed by atoms with E-state index < -0.39 is 5.60 Å². The van der Waals surface area contributed by atoms with Gasteiger partial charge in [-0.05, 0) is 30.9 Å². The lowest BCUT2D eigenvalue weighted by molar-refractivity contribution is -0.0456. The van der Waals surface area contributed by atoms with Gasteiger partial charge in [-0.2, -0.15) is 0 Å². The molecular weight excluding hydrogens is 174 g/mol. The summed E-state index contributed by atoms with van der Waals surface area (Å²) in [5, 5.41) is 10.1. The van der Waals surface area contributed by atoms with Crippen LogP contribution in [-0.2, 0) is 6.42 Å². The van der Waals surface area contributed by atoms with E-state index in [1.54, 1.807) is 0 Å². The van der Waals surface area contributed by atoms with E-state index in [2.05, 4.69) is 19.1 Å². The Labute approximate surface area is 84.7 Å². The van der Waals surface area contributed by atoms with Gasteiger partial charge in [0.05, 0.1) is 5.60 Å². The lowest BCUT2D eigenvalue weighted by atomic mass is 9.72. The van der Waals surface area contributed by atoms with E-state index in [1.165, 1.54) is 11.1 Å². The predicted molar refractivity (Wildman–Crippen MR) is 57.0 cm³/mol. The topological polar surface area (TPSA) is 46.2 Å². The molecule has 1 aromatic rings. The van der Waals surface area contributed by atoms with Crippen LogP contribution in [0.1, 0.15) is 24.0 Å². The quantitative estimate of drug-likeness (QED) is 0.742. The zero-order valence-corrected chi connectivity index (χ0v) is 8.53. The van der Waals surface area contributed by atoms with Crippen LogP contribution in [0.4, 0.5) is 0 Å². The first-order valence-electron chi connectivity index (χ1n) is 5.12. The number of hydrogen-bond acceptors (Lipinski definition) is 2. The third-order valence-electron chi connectivity index (χ3n) is 3.07. The average Bonchev–Trinajstić information content (AvgIpc) is 2.06. The molecule has 0 bridgehead atoms. The minimum absolute atomic E-state index is 0.198. The minimum atomic E-state index is -0.536. The Morgan fingerprint density at radius 2 is 2.07 bits per heavy atom. The maximum atomic E-state index is 10.1. The molecule has 0 unspecified atom stereocenters. The summed E-state index contributed by atoms with van der Waals surface area (Å²) in [5.41, 5.74) is 7.64. The third kappa shape index (κ3) is 1.81. The van der Waals surface area contributed by atoms with Crippen molar-refractivity contribution in [3.8, 4) is 0 Å². The van der Waals surface area contributed by atoms with Gasteiger partial charge in [-0.1, -0.05) is 24.3 Å². The second-order valence-corrected chi connectivity index (χ2v) is 4.50. The van der Waals surface area contributed by atoms with Crippen LogP contribution in [0.3, 0.4) is 0 Å². The van der Waals surface area contributed by atoms with E-state index in [-0.39, 0.29) is 6.04 Å². The van der Waals surface area contributed by atoms with Crippen LogP contribution >= 0.6 is 0 Å². The maximum Gasteiger partial charge on any atom is 0.0717 e. The molecule has 0 aliphatic heterocycles. The Bertz CT molecular complexity index is 329. The van der Waals surface area contributed by atoms with E-state index in [0.29, 0.717) is 0 Å². The van der Waals surface area contributed by atoms with Crippen molar-refractivity contribution in [2.24, 2.45) is 5.73 Å². The highest BCUT2D eigenvalue weighted by atomic mass is 16.3. The van der Waals surface area contributed by atoms with Gasteiger partial charge >= 0.3 is 0 Å². The Balaban J connectivity index is 2.08. The average molecular weight is 191 g/mol. The van der Waals surface area contributed by atoms with Crippen LogP contribution in [0, 0.1) is 6.92 Å². The number of aliphatic hydroxyl groups is 1. The molecule has 1 fully saturated rings. The molecule has 2 rings (SSSR count). The standard InChI is InChI=1S/C12H17NO/c1-9-4-2-3-5-10(9)6-12(14)7-11(13)8-12/h2-5,11,14H,6-8,13H2,1H3. The highest BCUT2D eigenvalue weighted by Crippen LogP contribution is 2.34. The highest BCUT2D eigenvalue weighted by molar-refractivity contribution is 5.28. The monoisotopic (exact) mass is 191 g/mol. The molecule has 14 heavy (non-hydrogen) atoms. The molecule has 2 heteroatoms. The fraction of sp³-hybridized carbons (Fsp3) is 0.500. The van der Waals surface area contributed by atoms with Gasteiger partial charge in [0.2, 0.25) is 0 Å². The Morgan fingerprint density at radius 1 is 1.43 bits per heavy atom. The molecule has 1 aromatic carbocycles. The van der Waals surface area contributed by atoms with Crippen LogP contribution in [0.2, 0.25) is 0 Å². The van der Waals surface area contributed by atoms with Crippen LogP contribution < -0.4 is 5.73 Å². The first-order chi connectivity index (χ1) is 6.59. The van der Waals surface area contributed by atoms with Crippen molar-refractivity contribution in [2.45, 2.75) is 37.8 Å². The molecule has 0 radical (unpaired) electrons. The minimum Gasteiger partial charge on any atom is -0.389 e. The molecule has 76 valence electrons. The normalized spacial score (nSPS) is 31.2. The molecule has 0 heterocycles. The van der Waals surface area contributed by atoms with Crippen molar-refractivity contribution in [1.29, 1.82) is 0 Å². The van der Waals surface area contributed by atoms with Crippen molar-refractivity contribution in [3.63, 3.8) is 0 Å². The van der Waals surface area contributed by atoms with Gasteiger partial charge in [0.1, 0.15) is 0 Å². The lowest BCUT2D eigenvalue weighted by Crippen LogP contribution is -2.52. The molecule has 0 spiro atoms. The van der Waals surface area contributed by atoms with Gasteiger partial charge in [0.15, 0.2) is 0 Å². The van der Waals surface area contributed by atoms with Crippen molar-refractivity contribution in [3.05, 3.63) is 35.4 Å². The van der Waals surface area contributed by atoms with Gasteiger partial charge < -0.3 is 10.8 Å². The summed E-state index contributed by atoms with van der Waals surface area (Å²) < 4.78 is 0. The number of nitrogens with two attached hydrogens (primary N) is 1. The van der Waals surface area contributed by atoms with Crippen LogP contribution in [0.25, 0.3) is 0 Å². The molecule has 1 saturated carbocycles. The summed E-state index contributed by atoms with van der Waals surface area (Å²) in [6, 6.07) is 8.40. The second-order valence-electron chi connectivity index (χ2n) is 4.50. The van der Waals surface area contributed by atoms with Crippen molar-refractivity contribution >= 4 is 0 Å². The summed E-state index contributed by atoms with van der Waals surface area (Å²) in [6.45, 7) is 2.08. The highest BCUT2D eigenvalue weighted by Gasteiger charge is 2.40. The molecule has 2 nitrogen and oxygen atoms in total. The Hall–Kier alpha value is -0.860. The van der Waals surface area contributed by atoms with Gasteiger partial charge in [0, 0.05) is 12.5 Å². The third-order valence-corrected chi connectivity index (χ3v) is 3.07. The van der Waals surface area contributed by atoms with Crippen molar-refractivity contribution < 1.29 is 5.11 Å². The summed E-state index contributed by atoms with van der Waals surface area (Å²) in [6.07, 6.45) is 2.22. The van der Waals surface area contributed by atoms with Gasteiger partial charge in [-0.3, -0.25) is 0 Å². The number of hydrogen-bond donors (Lipinski definition) is 2. The van der Waals surface area contributed by atoms with E-state index in [1.807, 2.05) is 12.1 Å². The fourth-order valence-electron chi connectivity index (χ4n) is 2.22. The zero-order chi connectivity index (χ0) is 10.2. The Kier molecular flexibility index (Phi) is 2.33. The molecule has 0 amide bonds. The lowest BCUT2D eigenvalue weighted by Gasteiger charge is -2.42. The first kappa shape index (κ1) is 9.69. The SMILES string of the molecule is Cc1ccccc1CC1(O)CC(N)C1. The smallest absolute Gasteiger partial charge is 0.0717 e. The Morgan fingerprint density at radius 3 is 2.64 bits per heavy atom. The largest absolute Gasteiger partial charge is 0.389 e. The number of aryl methyl sites for hydroxylation is 1. The van der Waals surface area contributed by atoms with E-state index >= 15 is 0 Å². The van der Waals surface area contributed by atoms with Crippen LogP contribution in [0.15, 0.2) is 24.3 Å². The summed E-state index contributed by atoms with van der Waals surface area (Å²) >= 11 is 0. The molecule has 0 saturated heterocycles. The number of rotatable bonds is 2. The summed E-state index contributed by atoms with van der Waals surface area (Å²) in [5.74, 6) is 0. The second kappa shape index (κ2) is 3.37. The van der Waals surface area contributed by atoms with E-state index in [4.69, 9.17) is 5.73 Å². The predicted octanol–water partition coefficient (Wildman–Crippen LogP) is 1.39. The number of benzene rings is 1. The molecule has 3 N–H and O–H groups in total. The molecular formula is C12H17NO. The van der Waals surface area contributed by atoms with Crippen LogP contribution in [-0.4, -0.2) is 16.7 Å². The molecule has 0 aromatic heterocycles. The maximum absolute atomic E-state index is 10.1. The van der Waals surface area contributed by atoms with Crippen LogP contribution in [0.5, 0.6) is 0 Å². The van der Waals surface area contributed by atoms with Gasteiger partial charge in [-0.25, -0.2) is 0 Å². The summed E-state index contributed by atoms with van der Waals surface area (Å²) in [4.78, 5) is 0. The summed E-state index contributed by atoms with van der Waals surface area (Å²) in [7, 11) is 0. The van der Waals surface area contributed by atoms with Gasteiger partial charge in [0.25, 0.3) is 0 Å². The van der Waals surface area contributed by atoms with E-state index in [9.17, 15) is 5.11 Å². The van der Waals surface area contributed by atoms with Crippen molar-refractivity contribution in [2.75, 3.05) is 0 Å². The first-order valence-corrected chi connectivity index (χ1v) is 5.12. The van der Waals surface area contributed by atoms with Crippen molar-refractivity contribution in [1.82, 2.24) is 0 Å². The molecule has 0 atom stereocenters. The van der Waals surface area contributed by atoms with E-state index in [0.717, 1.165) is 19.3 Å². The fourth-order valence-corrected chi connectivity index (χ4v) is 2.22. The zero-order valence-electron chi connectivity index (χ0n) is 8.53. The molecule has 1 aliphatic rings.